The van der Waals surface area contributed by atoms with Crippen LogP contribution in [0.15, 0.2) is 44.4 Å². The van der Waals surface area contributed by atoms with Gasteiger partial charge in [0.15, 0.2) is 11.3 Å². The molecule has 3 rings (SSSR count). The van der Waals surface area contributed by atoms with Gasteiger partial charge in [0.05, 0.1) is 5.75 Å². The second-order valence-electron chi connectivity index (χ2n) is 5.43. The molecule has 0 radical (unpaired) electrons. The lowest BCUT2D eigenvalue weighted by atomic mass is 10.2. The highest BCUT2D eigenvalue weighted by atomic mass is 32.2. The normalized spacial score (nSPS) is 11.1. The number of oxazole rings is 1. The lowest BCUT2D eigenvalue weighted by molar-refractivity contribution is 0.0739. The fourth-order valence-corrected chi connectivity index (χ4v) is 3.22. The summed E-state index contributed by atoms with van der Waals surface area (Å²) < 4.78 is 11.4. The molecule has 0 aliphatic heterocycles. The average Bonchev–Trinajstić information content (AvgIpc) is 3.21. The van der Waals surface area contributed by atoms with Gasteiger partial charge in [0.1, 0.15) is 11.3 Å². The Kier molecular flexibility index (Phi) is 4.94. The Balaban J connectivity index is 1.68. The molecule has 5 nitrogen and oxygen atoms in total. The number of fused-ring (bicyclic) bond motifs is 1. The van der Waals surface area contributed by atoms with Crippen molar-refractivity contribution in [1.29, 1.82) is 0 Å². The van der Waals surface area contributed by atoms with Gasteiger partial charge in [-0.3, -0.25) is 4.79 Å². The zero-order valence-corrected chi connectivity index (χ0v) is 14.9. The Bertz CT molecular complexity index is 849. The number of benzene rings is 1. The topological polar surface area (TPSA) is 59.5 Å². The molecule has 0 bridgehead atoms. The van der Waals surface area contributed by atoms with Gasteiger partial charge in [-0.25, -0.2) is 4.98 Å². The summed E-state index contributed by atoms with van der Waals surface area (Å²) in [5, 5.41) is 0.604. The number of aryl methyl sites for hydroxylation is 1. The molecule has 0 saturated heterocycles. The Morgan fingerprint density at radius 1 is 1.17 bits per heavy atom. The number of carbonyl (C=O) groups excluding carboxylic acids is 1. The molecule has 126 valence electrons. The zero-order valence-electron chi connectivity index (χ0n) is 14.0. The van der Waals surface area contributed by atoms with E-state index in [1.54, 1.807) is 11.0 Å². The number of carbonyl (C=O) groups is 1. The van der Waals surface area contributed by atoms with Gasteiger partial charge in [0.2, 0.25) is 0 Å². The molecule has 3 aromatic rings. The molecule has 0 fully saturated rings. The number of hydrogen-bond donors (Lipinski definition) is 0. The number of nitrogens with zero attached hydrogens (tertiary/aromatic N) is 2. The van der Waals surface area contributed by atoms with Gasteiger partial charge in [-0.1, -0.05) is 23.9 Å². The SMILES string of the molecule is CCN(CC)C(=O)c1ccc(CSc2nc3c(C)cccc3o2)o1. The van der Waals surface area contributed by atoms with Crippen molar-refractivity contribution in [3.8, 4) is 0 Å². The predicted molar refractivity (Wildman–Crippen MR) is 94.3 cm³/mol. The number of furan rings is 1. The van der Waals surface area contributed by atoms with E-state index in [1.807, 2.05) is 45.0 Å². The molecule has 0 aliphatic rings. The minimum atomic E-state index is -0.0752. The van der Waals surface area contributed by atoms with E-state index in [-0.39, 0.29) is 5.91 Å². The zero-order chi connectivity index (χ0) is 17.1. The lowest BCUT2D eigenvalue weighted by Crippen LogP contribution is -2.30. The third kappa shape index (κ3) is 3.33. The Morgan fingerprint density at radius 2 is 1.96 bits per heavy atom. The van der Waals surface area contributed by atoms with E-state index in [9.17, 15) is 4.79 Å². The van der Waals surface area contributed by atoms with Crippen LogP contribution in [0.25, 0.3) is 11.1 Å². The van der Waals surface area contributed by atoms with E-state index in [4.69, 9.17) is 8.83 Å². The first-order chi connectivity index (χ1) is 11.6. The molecule has 0 N–H and O–H groups in total. The largest absolute Gasteiger partial charge is 0.455 e. The number of thioether (sulfide) groups is 1. The third-order valence-electron chi connectivity index (χ3n) is 3.86. The lowest BCUT2D eigenvalue weighted by Gasteiger charge is -2.16. The Labute approximate surface area is 145 Å². The van der Waals surface area contributed by atoms with Gasteiger partial charge in [-0.15, -0.1) is 0 Å². The van der Waals surface area contributed by atoms with E-state index >= 15 is 0 Å². The van der Waals surface area contributed by atoms with Crippen LogP contribution in [0.2, 0.25) is 0 Å². The van der Waals surface area contributed by atoms with Crippen LogP contribution >= 0.6 is 11.8 Å². The molecule has 0 unspecified atom stereocenters. The van der Waals surface area contributed by atoms with Crippen molar-refractivity contribution in [2.24, 2.45) is 0 Å². The van der Waals surface area contributed by atoms with Crippen LogP contribution in [0.3, 0.4) is 0 Å². The summed E-state index contributed by atoms with van der Waals surface area (Å²) in [6.45, 7) is 7.26. The predicted octanol–water partition coefficient (Wildman–Crippen LogP) is 4.50. The fourth-order valence-electron chi connectivity index (χ4n) is 2.50. The van der Waals surface area contributed by atoms with Crippen molar-refractivity contribution < 1.29 is 13.6 Å². The van der Waals surface area contributed by atoms with Crippen molar-refractivity contribution in [3.05, 3.63) is 47.4 Å². The van der Waals surface area contributed by atoms with Gasteiger partial charge in [-0.2, -0.15) is 0 Å². The van der Waals surface area contributed by atoms with Crippen LogP contribution in [0.1, 0.15) is 35.7 Å². The van der Waals surface area contributed by atoms with Gasteiger partial charge < -0.3 is 13.7 Å². The summed E-state index contributed by atoms with van der Waals surface area (Å²) >= 11 is 1.46. The first-order valence-corrected chi connectivity index (χ1v) is 8.97. The molecule has 0 saturated carbocycles. The molecule has 0 atom stereocenters. The molecule has 1 aromatic carbocycles. The number of rotatable bonds is 6. The highest BCUT2D eigenvalue weighted by Gasteiger charge is 2.17. The Morgan fingerprint density at radius 3 is 2.67 bits per heavy atom. The van der Waals surface area contributed by atoms with E-state index in [1.165, 1.54) is 11.8 Å². The number of hydrogen-bond acceptors (Lipinski definition) is 5. The van der Waals surface area contributed by atoms with Gasteiger partial charge >= 0.3 is 0 Å². The fraction of sp³-hybridized carbons (Fsp3) is 0.333. The summed E-state index contributed by atoms with van der Waals surface area (Å²) in [6.07, 6.45) is 0. The van der Waals surface area contributed by atoms with Crippen LogP contribution in [0.5, 0.6) is 0 Å². The summed E-state index contributed by atoms with van der Waals surface area (Å²) in [5.74, 6) is 1.60. The summed E-state index contributed by atoms with van der Waals surface area (Å²) in [6, 6.07) is 9.43. The number of aromatic nitrogens is 1. The summed E-state index contributed by atoms with van der Waals surface area (Å²) in [4.78, 5) is 18.5. The van der Waals surface area contributed by atoms with E-state index in [0.29, 0.717) is 29.8 Å². The summed E-state index contributed by atoms with van der Waals surface area (Å²) in [7, 11) is 0. The Hall–Kier alpha value is -2.21. The van der Waals surface area contributed by atoms with Gasteiger partial charge in [0, 0.05) is 13.1 Å². The second kappa shape index (κ2) is 7.13. The molecule has 2 aromatic heterocycles. The molecule has 0 aliphatic carbocycles. The van der Waals surface area contributed by atoms with Crippen molar-refractivity contribution >= 4 is 28.8 Å². The molecule has 6 heteroatoms. The monoisotopic (exact) mass is 344 g/mol. The van der Waals surface area contributed by atoms with Gasteiger partial charge in [0.25, 0.3) is 11.1 Å². The molecule has 1 amide bonds. The van der Waals surface area contributed by atoms with Crippen LogP contribution < -0.4 is 0 Å². The highest BCUT2D eigenvalue weighted by molar-refractivity contribution is 7.98. The highest BCUT2D eigenvalue weighted by Crippen LogP contribution is 2.28. The van der Waals surface area contributed by atoms with Crippen molar-refractivity contribution in [2.75, 3.05) is 13.1 Å². The van der Waals surface area contributed by atoms with Crippen LogP contribution in [-0.4, -0.2) is 28.9 Å². The minimum absolute atomic E-state index is 0.0752. The van der Waals surface area contributed by atoms with Crippen molar-refractivity contribution in [2.45, 2.75) is 31.7 Å². The number of para-hydroxylation sites is 1. The quantitative estimate of drug-likeness (QED) is 0.616. The van der Waals surface area contributed by atoms with Crippen molar-refractivity contribution in [3.63, 3.8) is 0 Å². The average molecular weight is 344 g/mol. The minimum Gasteiger partial charge on any atom is -0.455 e. The standard InChI is InChI=1S/C18H20N2O3S/c1-4-20(5-2)17(21)15-10-9-13(22-15)11-24-18-19-16-12(3)7-6-8-14(16)23-18/h6-10H,4-5,11H2,1-3H3. The van der Waals surface area contributed by atoms with Gasteiger partial charge in [-0.05, 0) is 44.5 Å². The smallest absolute Gasteiger partial charge is 0.289 e. The summed E-state index contributed by atoms with van der Waals surface area (Å²) in [5.41, 5.74) is 2.76. The van der Waals surface area contributed by atoms with Crippen molar-refractivity contribution in [1.82, 2.24) is 9.88 Å². The molecule has 2 heterocycles. The van der Waals surface area contributed by atoms with Crippen LogP contribution in [-0.2, 0) is 5.75 Å². The van der Waals surface area contributed by atoms with E-state index in [2.05, 4.69) is 4.98 Å². The maximum atomic E-state index is 12.2. The van der Waals surface area contributed by atoms with Crippen LogP contribution in [0, 0.1) is 6.92 Å². The maximum absolute atomic E-state index is 12.2. The third-order valence-corrected chi connectivity index (χ3v) is 4.71. The number of amides is 1. The molecular weight excluding hydrogens is 324 g/mol. The van der Waals surface area contributed by atoms with E-state index in [0.717, 1.165) is 22.4 Å². The molecular formula is C18H20N2O3S. The first-order valence-electron chi connectivity index (χ1n) is 7.99. The maximum Gasteiger partial charge on any atom is 0.289 e. The molecule has 0 spiro atoms. The molecule has 24 heavy (non-hydrogen) atoms. The van der Waals surface area contributed by atoms with E-state index < -0.39 is 0 Å². The second-order valence-corrected chi connectivity index (χ2v) is 6.36. The first kappa shape index (κ1) is 16.6. The van der Waals surface area contributed by atoms with Crippen LogP contribution in [0.4, 0.5) is 0 Å².